The number of hydrogen-bond acceptors (Lipinski definition) is 5. The molecular formula is C23H19ClF3N7O2. The Balaban J connectivity index is 1.75. The molecular weight excluding hydrogens is 499 g/mol. The Morgan fingerprint density at radius 2 is 1.81 bits per heavy atom. The van der Waals surface area contributed by atoms with Crippen LogP contribution >= 0.6 is 11.6 Å². The van der Waals surface area contributed by atoms with Gasteiger partial charge in [0.1, 0.15) is 5.69 Å². The van der Waals surface area contributed by atoms with E-state index in [0.29, 0.717) is 11.3 Å². The van der Waals surface area contributed by atoms with Crippen molar-refractivity contribution in [1.29, 1.82) is 0 Å². The predicted molar refractivity (Wildman–Crippen MR) is 126 cm³/mol. The normalized spacial score (nSPS) is 11.4. The lowest BCUT2D eigenvalue weighted by Crippen LogP contribution is -2.24. The van der Waals surface area contributed by atoms with Crippen LogP contribution in [-0.4, -0.2) is 43.4 Å². The van der Waals surface area contributed by atoms with Crippen LogP contribution in [0.3, 0.4) is 0 Å². The molecule has 2 N–H and O–H groups in total. The van der Waals surface area contributed by atoms with E-state index in [0.717, 1.165) is 16.9 Å². The molecule has 1 aromatic carbocycles. The van der Waals surface area contributed by atoms with Crippen molar-refractivity contribution in [1.82, 2.24) is 29.9 Å². The van der Waals surface area contributed by atoms with Crippen LogP contribution in [0.15, 0.2) is 48.8 Å². The highest BCUT2D eigenvalue weighted by Gasteiger charge is 2.33. The van der Waals surface area contributed by atoms with Crippen LogP contribution in [0, 0.1) is 13.8 Å². The fourth-order valence-electron chi connectivity index (χ4n) is 3.53. The van der Waals surface area contributed by atoms with Gasteiger partial charge in [-0.15, -0.1) is 0 Å². The Hall–Kier alpha value is -4.19. The number of benzene rings is 1. The topological polar surface area (TPSA) is 107 Å². The number of pyridine rings is 1. The second-order valence-corrected chi connectivity index (χ2v) is 8.16. The lowest BCUT2D eigenvalue weighted by atomic mass is 10.1. The summed E-state index contributed by atoms with van der Waals surface area (Å²) in [6.07, 6.45) is -1.97. The first-order valence-corrected chi connectivity index (χ1v) is 10.9. The smallest absolute Gasteiger partial charge is 0.355 e. The predicted octanol–water partition coefficient (Wildman–Crippen LogP) is 4.35. The SMILES string of the molecule is CNC(=O)c1cc(-n2ccc(C(F)(F)F)n2)cc(C)c1NC(=O)c1cc(C)nn1-c1ncccc1Cl. The van der Waals surface area contributed by atoms with Crippen molar-refractivity contribution in [2.45, 2.75) is 20.0 Å². The second-order valence-electron chi connectivity index (χ2n) is 7.75. The number of anilines is 1. The zero-order valence-corrected chi connectivity index (χ0v) is 19.9. The number of aryl methyl sites for hydroxylation is 2. The van der Waals surface area contributed by atoms with Gasteiger partial charge >= 0.3 is 6.18 Å². The van der Waals surface area contributed by atoms with Crippen LogP contribution in [0.25, 0.3) is 11.5 Å². The molecule has 2 amide bonds. The fraction of sp³-hybridized carbons (Fsp3) is 0.174. The molecule has 3 heterocycles. The number of rotatable bonds is 5. The minimum atomic E-state index is -4.62. The van der Waals surface area contributed by atoms with Gasteiger partial charge in [0.2, 0.25) is 0 Å². The Labute approximate surface area is 207 Å². The monoisotopic (exact) mass is 517 g/mol. The zero-order valence-electron chi connectivity index (χ0n) is 19.2. The van der Waals surface area contributed by atoms with Gasteiger partial charge in [-0.1, -0.05) is 11.6 Å². The van der Waals surface area contributed by atoms with Crippen molar-refractivity contribution in [2.24, 2.45) is 0 Å². The van der Waals surface area contributed by atoms with Crippen molar-refractivity contribution in [3.63, 3.8) is 0 Å². The molecule has 9 nitrogen and oxygen atoms in total. The number of hydrogen-bond donors (Lipinski definition) is 2. The maximum atomic E-state index is 13.3. The molecule has 0 saturated heterocycles. The van der Waals surface area contributed by atoms with Gasteiger partial charge in [-0.2, -0.15) is 23.4 Å². The van der Waals surface area contributed by atoms with Gasteiger partial charge in [0.05, 0.1) is 27.7 Å². The summed E-state index contributed by atoms with van der Waals surface area (Å²) >= 11 is 6.23. The third kappa shape index (κ3) is 4.80. The number of halogens is 4. The molecule has 4 aromatic rings. The summed E-state index contributed by atoms with van der Waals surface area (Å²) in [6.45, 7) is 3.30. The lowest BCUT2D eigenvalue weighted by Gasteiger charge is -2.16. The second kappa shape index (κ2) is 9.46. The van der Waals surface area contributed by atoms with Crippen molar-refractivity contribution >= 4 is 29.1 Å². The van der Waals surface area contributed by atoms with E-state index in [-0.39, 0.29) is 33.5 Å². The highest BCUT2D eigenvalue weighted by molar-refractivity contribution is 6.32. The van der Waals surface area contributed by atoms with Crippen LogP contribution in [0.2, 0.25) is 5.02 Å². The number of carbonyl (C=O) groups excluding carboxylic acids is 2. The first kappa shape index (κ1) is 24.9. The van der Waals surface area contributed by atoms with E-state index in [2.05, 4.69) is 25.8 Å². The van der Waals surface area contributed by atoms with E-state index in [1.165, 1.54) is 36.1 Å². The summed E-state index contributed by atoms with van der Waals surface area (Å²) in [4.78, 5) is 30.2. The Morgan fingerprint density at radius 3 is 2.44 bits per heavy atom. The minimum absolute atomic E-state index is 0.0311. The van der Waals surface area contributed by atoms with Gasteiger partial charge in [-0.05, 0) is 55.8 Å². The molecule has 186 valence electrons. The van der Waals surface area contributed by atoms with E-state index in [1.807, 2.05) is 0 Å². The number of nitrogens with one attached hydrogen (secondary N) is 2. The molecule has 0 aliphatic carbocycles. The van der Waals surface area contributed by atoms with Gasteiger partial charge in [-0.25, -0.2) is 14.3 Å². The van der Waals surface area contributed by atoms with E-state index < -0.39 is 23.7 Å². The average molecular weight is 518 g/mol. The van der Waals surface area contributed by atoms with Gasteiger partial charge < -0.3 is 10.6 Å². The molecule has 0 saturated carbocycles. The van der Waals surface area contributed by atoms with E-state index in [1.54, 1.807) is 26.0 Å². The molecule has 3 aromatic heterocycles. The maximum absolute atomic E-state index is 13.3. The van der Waals surface area contributed by atoms with E-state index in [4.69, 9.17) is 11.6 Å². The molecule has 0 aliphatic rings. The summed E-state index contributed by atoms with van der Waals surface area (Å²) in [7, 11) is 1.40. The maximum Gasteiger partial charge on any atom is 0.435 e. The molecule has 0 spiro atoms. The summed E-state index contributed by atoms with van der Waals surface area (Å²) in [6, 6.07) is 8.46. The molecule has 0 atom stereocenters. The summed E-state index contributed by atoms with van der Waals surface area (Å²) in [5.74, 6) is -0.914. The first-order valence-electron chi connectivity index (χ1n) is 10.5. The third-order valence-corrected chi connectivity index (χ3v) is 5.47. The van der Waals surface area contributed by atoms with Crippen LogP contribution in [0.4, 0.5) is 18.9 Å². The van der Waals surface area contributed by atoms with Crippen LogP contribution in [-0.2, 0) is 6.18 Å². The first-order chi connectivity index (χ1) is 17.0. The van der Waals surface area contributed by atoms with E-state index in [9.17, 15) is 22.8 Å². The lowest BCUT2D eigenvalue weighted by molar-refractivity contribution is -0.141. The zero-order chi connectivity index (χ0) is 26.2. The molecule has 0 bridgehead atoms. The van der Waals surface area contributed by atoms with Crippen molar-refractivity contribution < 1.29 is 22.8 Å². The van der Waals surface area contributed by atoms with Gasteiger partial charge in [0.25, 0.3) is 11.8 Å². The van der Waals surface area contributed by atoms with Crippen LogP contribution < -0.4 is 10.6 Å². The van der Waals surface area contributed by atoms with E-state index >= 15 is 0 Å². The van der Waals surface area contributed by atoms with Crippen LogP contribution in [0.1, 0.15) is 37.8 Å². The molecule has 0 aliphatic heterocycles. The summed E-state index contributed by atoms with van der Waals surface area (Å²) in [5.41, 5.74) is 0.395. The average Bonchev–Trinajstić information content (AvgIpc) is 3.47. The van der Waals surface area contributed by atoms with Crippen molar-refractivity contribution in [3.05, 3.63) is 82.0 Å². The number of amides is 2. The molecule has 36 heavy (non-hydrogen) atoms. The highest BCUT2D eigenvalue weighted by atomic mass is 35.5. The third-order valence-electron chi connectivity index (χ3n) is 5.18. The molecule has 13 heteroatoms. The largest absolute Gasteiger partial charge is 0.435 e. The Bertz CT molecular complexity index is 1480. The highest BCUT2D eigenvalue weighted by Crippen LogP contribution is 2.30. The molecule has 0 radical (unpaired) electrons. The number of nitrogens with zero attached hydrogens (tertiary/aromatic N) is 5. The quantitative estimate of drug-likeness (QED) is 0.409. The summed E-state index contributed by atoms with van der Waals surface area (Å²) < 4.78 is 41.3. The molecule has 0 unspecified atom stereocenters. The molecule has 0 fully saturated rings. The van der Waals surface area contributed by atoms with Crippen LogP contribution in [0.5, 0.6) is 0 Å². The molecule has 4 rings (SSSR count). The Morgan fingerprint density at radius 1 is 1.06 bits per heavy atom. The van der Waals surface area contributed by atoms with Gasteiger partial charge in [0.15, 0.2) is 11.5 Å². The number of alkyl halides is 3. The van der Waals surface area contributed by atoms with Crippen molar-refractivity contribution in [2.75, 3.05) is 12.4 Å². The fourth-order valence-corrected chi connectivity index (χ4v) is 3.73. The Kier molecular flexibility index (Phi) is 6.55. The van der Waals surface area contributed by atoms with Gasteiger partial charge in [-0.3, -0.25) is 9.59 Å². The van der Waals surface area contributed by atoms with Gasteiger partial charge in [0, 0.05) is 19.4 Å². The number of aromatic nitrogens is 5. The number of carbonyl (C=O) groups is 2. The summed E-state index contributed by atoms with van der Waals surface area (Å²) in [5, 5.41) is 13.3. The standard InChI is InChI=1S/C23H19ClF3N7O2/c1-12-9-14(33-8-6-18(32-33)23(25,26)27)11-15(21(35)28-3)19(12)30-22(36)17-10-13(2)31-34(17)20-16(24)5-4-7-29-20/h4-11H,1-3H3,(H,28,35)(H,30,36). The van der Waals surface area contributed by atoms with Crippen molar-refractivity contribution in [3.8, 4) is 11.5 Å². The minimum Gasteiger partial charge on any atom is -0.355 e.